The standard InChI is InChI=1S/C13H13ClN2O2/c1-3-18-13(17)12-8-11(15-16(12)2)9-4-6-10(14)7-5-9/h4-8H,3H2,1-2H3. The minimum absolute atomic E-state index is 0.348. The highest BCUT2D eigenvalue weighted by Gasteiger charge is 2.14. The van der Waals surface area contributed by atoms with E-state index in [-0.39, 0.29) is 5.97 Å². The Morgan fingerprint density at radius 1 is 1.39 bits per heavy atom. The molecule has 1 heterocycles. The molecule has 0 aliphatic carbocycles. The van der Waals surface area contributed by atoms with E-state index < -0.39 is 0 Å². The molecule has 4 nitrogen and oxygen atoms in total. The van der Waals surface area contributed by atoms with Gasteiger partial charge in [0.25, 0.3) is 0 Å². The van der Waals surface area contributed by atoms with E-state index >= 15 is 0 Å². The second kappa shape index (κ2) is 5.23. The molecule has 0 bridgehead atoms. The van der Waals surface area contributed by atoms with E-state index in [1.165, 1.54) is 4.68 Å². The number of halogens is 1. The quantitative estimate of drug-likeness (QED) is 0.801. The average molecular weight is 265 g/mol. The Morgan fingerprint density at radius 2 is 2.06 bits per heavy atom. The molecule has 0 spiro atoms. The van der Waals surface area contributed by atoms with Gasteiger partial charge >= 0.3 is 5.97 Å². The van der Waals surface area contributed by atoms with Gasteiger partial charge in [-0.05, 0) is 25.1 Å². The predicted octanol–water partition coefficient (Wildman–Crippen LogP) is 2.92. The molecule has 2 aromatic rings. The number of carbonyl (C=O) groups excluding carboxylic acids is 1. The third-order valence-corrected chi connectivity index (χ3v) is 2.76. The van der Waals surface area contributed by atoms with Gasteiger partial charge in [0.15, 0.2) is 0 Å². The van der Waals surface area contributed by atoms with Crippen molar-refractivity contribution in [3.8, 4) is 11.3 Å². The number of carbonyl (C=O) groups is 1. The molecule has 1 aromatic heterocycles. The van der Waals surface area contributed by atoms with Gasteiger partial charge in [0, 0.05) is 17.6 Å². The zero-order valence-corrected chi connectivity index (χ0v) is 10.9. The number of aromatic nitrogens is 2. The van der Waals surface area contributed by atoms with Crippen LogP contribution in [0.3, 0.4) is 0 Å². The van der Waals surface area contributed by atoms with Crippen LogP contribution in [0.1, 0.15) is 17.4 Å². The first kappa shape index (κ1) is 12.6. The van der Waals surface area contributed by atoms with Crippen LogP contribution < -0.4 is 0 Å². The number of ether oxygens (including phenoxy) is 1. The fourth-order valence-electron chi connectivity index (χ4n) is 1.63. The summed E-state index contributed by atoms with van der Waals surface area (Å²) in [6, 6.07) is 9.01. The van der Waals surface area contributed by atoms with E-state index in [0.717, 1.165) is 11.3 Å². The smallest absolute Gasteiger partial charge is 0.356 e. The monoisotopic (exact) mass is 264 g/mol. The van der Waals surface area contributed by atoms with Crippen molar-refractivity contribution in [2.24, 2.45) is 7.05 Å². The second-order valence-corrected chi connectivity index (χ2v) is 4.20. The summed E-state index contributed by atoms with van der Waals surface area (Å²) in [5.74, 6) is -0.368. The molecule has 0 aliphatic rings. The lowest BCUT2D eigenvalue weighted by atomic mass is 10.1. The van der Waals surface area contributed by atoms with Crippen LogP contribution in [-0.2, 0) is 11.8 Å². The van der Waals surface area contributed by atoms with Crippen LogP contribution in [0.4, 0.5) is 0 Å². The number of hydrogen-bond acceptors (Lipinski definition) is 3. The van der Waals surface area contributed by atoms with Gasteiger partial charge in [-0.15, -0.1) is 0 Å². The average Bonchev–Trinajstić information content (AvgIpc) is 2.72. The van der Waals surface area contributed by atoms with E-state index in [2.05, 4.69) is 5.10 Å². The first-order valence-corrected chi connectivity index (χ1v) is 5.96. The number of esters is 1. The summed E-state index contributed by atoms with van der Waals surface area (Å²) >= 11 is 5.83. The van der Waals surface area contributed by atoms with E-state index in [9.17, 15) is 4.79 Å². The molecule has 0 fully saturated rings. The number of hydrogen-bond donors (Lipinski definition) is 0. The van der Waals surface area contributed by atoms with Crippen LogP contribution >= 0.6 is 11.6 Å². The maximum atomic E-state index is 11.7. The summed E-state index contributed by atoms with van der Waals surface area (Å²) in [7, 11) is 1.71. The molecular formula is C13H13ClN2O2. The molecule has 0 atom stereocenters. The van der Waals surface area contributed by atoms with Crippen molar-refractivity contribution < 1.29 is 9.53 Å². The maximum Gasteiger partial charge on any atom is 0.356 e. The van der Waals surface area contributed by atoms with Crippen molar-refractivity contribution in [1.29, 1.82) is 0 Å². The van der Waals surface area contributed by atoms with E-state index in [4.69, 9.17) is 16.3 Å². The summed E-state index contributed by atoms with van der Waals surface area (Å²) in [5, 5.41) is 4.95. The summed E-state index contributed by atoms with van der Waals surface area (Å²) in [6.45, 7) is 2.12. The van der Waals surface area contributed by atoms with Gasteiger partial charge < -0.3 is 4.74 Å². The highest BCUT2D eigenvalue weighted by atomic mass is 35.5. The highest BCUT2D eigenvalue weighted by molar-refractivity contribution is 6.30. The Labute approximate surface area is 110 Å². The molecule has 0 radical (unpaired) electrons. The van der Waals surface area contributed by atoms with Crippen LogP contribution in [0.2, 0.25) is 5.02 Å². The van der Waals surface area contributed by atoms with Gasteiger partial charge in [-0.3, -0.25) is 4.68 Å². The van der Waals surface area contributed by atoms with Gasteiger partial charge in [0.2, 0.25) is 0 Å². The Bertz CT molecular complexity index is 561. The van der Waals surface area contributed by atoms with Crippen LogP contribution in [0.15, 0.2) is 30.3 Å². The number of benzene rings is 1. The largest absolute Gasteiger partial charge is 0.461 e. The Morgan fingerprint density at radius 3 is 2.67 bits per heavy atom. The minimum Gasteiger partial charge on any atom is -0.461 e. The van der Waals surface area contributed by atoms with Gasteiger partial charge in [-0.2, -0.15) is 5.10 Å². The summed E-state index contributed by atoms with van der Waals surface area (Å²) < 4.78 is 6.47. The molecular weight excluding hydrogens is 252 g/mol. The van der Waals surface area contributed by atoms with Gasteiger partial charge in [-0.25, -0.2) is 4.79 Å². The minimum atomic E-state index is -0.368. The molecule has 2 rings (SSSR count). The Hall–Kier alpha value is -1.81. The zero-order chi connectivity index (χ0) is 13.1. The van der Waals surface area contributed by atoms with Crippen molar-refractivity contribution >= 4 is 17.6 Å². The van der Waals surface area contributed by atoms with Crippen molar-refractivity contribution in [2.75, 3.05) is 6.61 Å². The fraction of sp³-hybridized carbons (Fsp3) is 0.231. The number of nitrogens with zero attached hydrogens (tertiary/aromatic N) is 2. The Balaban J connectivity index is 2.34. The predicted molar refractivity (Wildman–Crippen MR) is 69.6 cm³/mol. The molecule has 94 valence electrons. The lowest BCUT2D eigenvalue weighted by molar-refractivity contribution is 0.0513. The van der Waals surface area contributed by atoms with Crippen LogP contribution in [-0.4, -0.2) is 22.4 Å². The van der Waals surface area contributed by atoms with Crippen molar-refractivity contribution in [1.82, 2.24) is 9.78 Å². The van der Waals surface area contributed by atoms with Gasteiger partial charge in [0.05, 0.1) is 12.3 Å². The number of aryl methyl sites for hydroxylation is 1. The third-order valence-electron chi connectivity index (χ3n) is 2.50. The number of rotatable bonds is 3. The third kappa shape index (κ3) is 2.54. The van der Waals surface area contributed by atoms with Crippen LogP contribution in [0.5, 0.6) is 0 Å². The van der Waals surface area contributed by atoms with E-state index in [1.54, 1.807) is 32.2 Å². The zero-order valence-electron chi connectivity index (χ0n) is 10.2. The Kier molecular flexibility index (Phi) is 3.67. The fourth-order valence-corrected chi connectivity index (χ4v) is 1.75. The lowest BCUT2D eigenvalue weighted by Crippen LogP contribution is -2.10. The van der Waals surface area contributed by atoms with Gasteiger partial charge in [-0.1, -0.05) is 23.7 Å². The molecule has 5 heteroatoms. The van der Waals surface area contributed by atoms with Gasteiger partial charge in [0.1, 0.15) is 5.69 Å². The SMILES string of the molecule is CCOC(=O)c1cc(-c2ccc(Cl)cc2)nn1C. The first-order valence-electron chi connectivity index (χ1n) is 5.59. The summed E-state index contributed by atoms with van der Waals surface area (Å²) in [6.07, 6.45) is 0. The molecule has 0 amide bonds. The summed E-state index contributed by atoms with van der Waals surface area (Å²) in [4.78, 5) is 11.7. The molecule has 0 saturated heterocycles. The second-order valence-electron chi connectivity index (χ2n) is 3.77. The normalized spacial score (nSPS) is 10.4. The molecule has 1 aromatic carbocycles. The molecule has 0 N–H and O–H groups in total. The van der Waals surface area contributed by atoms with E-state index in [0.29, 0.717) is 17.3 Å². The van der Waals surface area contributed by atoms with Crippen LogP contribution in [0.25, 0.3) is 11.3 Å². The molecule has 18 heavy (non-hydrogen) atoms. The lowest BCUT2D eigenvalue weighted by Gasteiger charge is -1.99. The maximum absolute atomic E-state index is 11.7. The van der Waals surface area contributed by atoms with Crippen molar-refractivity contribution in [3.05, 3.63) is 41.0 Å². The molecule has 0 saturated carbocycles. The van der Waals surface area contributed by atoms with E-state index in [1.807, 2.05) is 12.1 Å². The highest BCUT2D eigenvalue weighted by Crippen LogP contribution is 2.21. The topological polar surface area (TPSA) is 44.1 Å². The molecule has 0 aliphatic heterocycles. The first-order chi connectivity index (χ1) is 8.61. The van der Waals surface area contributed by atoms with Crippen molar-refractivity contribution in [3.63, 3.8) is 0 Å². The summed E-state index contributed by atoms with van der Waals surface area (Å²) in [5.41, 5.74) is 2.06. The molecule has 0 unspecified atom stereocenters. The van der Waals surface area contributed by atoms with Crippen molar-refractivity contribution in [2.45, 2.75) is 6.92 Å². The van der Waals surface area contributed by atoms with Crippen LogP contribution in [0, 0.1) is 0 Å².